The lowest BCUT2D eigenvalue weighted by molar-refractivity contribution is 0.825. The van der Waals surface area contributed by atoms with E-state index in [1.165, 1.54) is 6.42 Å². The highest BCUT2D eigenvalue weighted by Gasteiger charge is 1.95. The van der Waals surface area contributed by atoms with E-state index >= 15 is 0 Å². The molecule has 1 aromatic heterocycles. The van der Waals surface area contributed by atoms with Crippen molar-refractivity contribution in [2.75, 3.05) is 11.9 Å². The second kappa shape index (κ2) is 5.48. The molecule has 4 heteroatoms. The van der Waals surface area contributed by atoms with Crippen LogP contribution in [-0.2, 0) is 6.54 Å². The number of anilines is 1. The number of rotatable bonds is 5. The normalized spacial score (nSPS) is 10.0. The van der Waals surface area contributed by atoms with Crippen LogP contribution in [0.1, 0.15) is 25.6 Å². The summed E-state index contributed by atoms with van der Waals surface area (Å²) in [5.41, 5.74) is 5.42. The molecular formula is C9H16N4. The highest BCUT2D eigenvalue weighted by atomic mass is 15.0. The summed E-state index contributed by atoms with van der Waals surface area (Å²) >= 11 is 0. The standard InChI is InChI=1S/C9H16N4/c1-2-3-5-11-8-4-6-12-9(7-10)13-8/h4,6H,2-3,5,7,10H2,1H3,(H,11,12,13). The Kier molecular flexibility index (Phi) is 4.18. The predicted molar refractivity (Wildman–Crippen MR) is 53.3 cm³/mol. The van der Waals surface area contributed by atoms with E-state index in [4.69, 9.17) is 5.73 Å². The first kappa shape index (κ1) is 9.92. The van der Waals surface area contributed by atoms with Crippen LogP contribution in [0.2, 0.25) is 0 Å². The molecule has 0 aliphatic heterocycles. The van der Waals surface area contributed by atoms with E-state index in [2.05, 4.69) is 22.2 Å². The first-order chi connectivity index (χ1) is 6.36. The van der Waals surface area contributed by atoms with Gasteiger partial charge in [0.05, 0.1) is 6.54 Å². The van der Waals surface area contributed by atoms with E-state index in [-0.39, 0.29) is 0 Å². The molecule has 0 radical (unpaired) electrons. The molecule has 0 saturated carbocycles. The lowest BCUT2D eigenvalue weighted by Crippen LogP contribution is -2.07. The van der Waals surface area contributed by atoms with Gasteiger partial charge in [0.15, 0.2) is 0 Å². The van der Waals surface area contributed by atoms with Gasteiger partial charge in [-0.2, -0.15) is 0 Å². The molecule has 1 rings (SSSR count). The smallest absolute Gasteiger partial charge is 0.144 e. The number of nitrogens with zero attached hydrogens (tertiary/aromatic N) is 2. The number of unbranched alkanes of at least 4 members (excludes halogenated alkanes) is 1. The SMILES string of the molecule is CCCCNc1ccnc(CN)n1. The molecule has 0 saturated heterocycles. The molecule has 0 unspecified atom stereocenters. The summed E-state index contributed by atoms with van der Waals surface area (Å²) in [5.74, 6) is 1.55. The molecule has 0 bridgehead atoms. The molecule has 13 heavy (non-hydrogen) atoms. The second-order valence-electron chi connectivity index (χ2n) is 2.84. The number of hydrogen-bond donors (Lipinski definition) is 2. The molecule has 0 spiro atoms. The Labute approximate surface area is 78.6 Å². The van der Waals surface area contributed by atoms with Crippen LogP contribution in [0, 0.1) is 0 Å². The third-order valence-electron chi connectivity index (χ3n) is 1.72. The first-order valence-corrected chi connectivity index (χ1v) is 4.62. The molecular weight excluding hydrogens is 164 g/mol. The number of nitrogens with one attached hydrogen (secondary N) is 1. The van der Waals surface area contributed by atoms with Crippen LogP contribution >= 0.6 is 0 Å². The van der Waals surface area contributed by atoms with E-state index in [0.29, 0.717) is 12.4 Å². The average Bonchev–Trinajstić information content (AvgIpc) is 2.19. The van der Waals surface area contributed by atoms with Crippen LogP contribution < -0.4 is 11.1 Å². The summed E-state index contributed by atoms with van der Waals surface area (Å²) in [5, 5.41) is 3.21. The fourth-order valence-electron chi connectivity index (χ4n) is 0.989. The lowest BCUT2D eigenvalue weighted by Gasteiger charge is -2.04. The maximum absolute atomic E-state index is 5.42. The first-order valence-electron chi connectivity index (χ1n) is 4.62. The number of hydrogen-bond acceptors (Lipinski definition) is 4. The van der Waals surface area contributed by atoms with Crippen molar-refractivity contribution in [3.63, 3.8) is 0 Å². The minimum atomic E-state index is 0.392. The third-order valence-corrected chi connectivity index (χ3v) is 1.72. The molecule has 0 aliphatic carbocycles. The Bertz CT molecular complexity index is 249. The van der Waals surface area contributed by atoms with E-state index in [0.717, 1.165) is 18.8 Å². The molecule has 3 N–H and O–H groups in total. The van der Waals surface area contributed by atoms with Gasteiger partial charge in [-0.25, -0.2) is 9.97 Å². The molecule has 1 heterocycles. The molecule has 0 atom stereocenters. The summed E-state index contributed by atoms with van der Waals surface area (Å²) in [7, 11) is 0. The third kappa shape index (κ3) is 3.38. The van der Waals surface area contributed by atoms with Crippen molar-refractivity contribution in [1.82, 2.24) is 9.97 Å². The fourth-order valence-corrected chi connectivity index (χ4v) is 0.989. The second-order valence-corrected chi connectivity index (χ2v) is 2.84. The molecule has 72 valence electrons. The van der Waals surface area contributed by atoms with Crippen LogP contribution in [-0.4, -0.2) is 16.5 Å². The highest BCUT2D eigenvalue weighted by Crippen LogP contribution is 2.01. The van der Waals surface area contributed by atoms with Crippen molar-refractivity contribution in [2.45, 2.75) is 26.3 Å². The van der Waals surface area contributed by atoms with Crippen LogP contribution in [0.5, 0.6) is 0 Å². The molecule has 4 nitrogen and oxygen atoms in total. The maximum Gasteiger partial charge on any atom is 0.144 e. The van der Waals surface area contributed by atoms with E-state index < -0.39 is 0 Å². The Morgan fingerprint density at radius 1 is 1.54 bits per heavy atom. The lowest BCUT2D eigenvalue weighted by atomic mass is 10.3. The minimum Gasteiger partial charge on any atom is -0.370 e. The molecule has 1 aromatic rings. The molecule has 0 aromatic carbocycles. The summed E-state index contributed by atoms with van der Waals surface area (Å²) in [6, 6.07) is 1.86. The zero-order valence-corrected chi connectivity index (χ0v) is 7.95. The van der Waals surface area contributed by atoms with Crippen molar-refractivity contribution >= 4 is 5.82 Å². The Morgan fingerprint density at radius 2 is 2.38 bits per heavy atom. The van der Waals surface area contributed by atoms with Gasteiger partial charge in [-0.15, -0.1) is 0 Å². The quantitative estimate of drug-likeness (QED) is 0.667. The summed E-state index contributed by atoms with van der Waals surface area (Å²) < 4.78 is 0. The molecule has 0 amide bonds. The van der Waals surface area contributed by atoms with Crippen molar-refractivity contribution in [2.24, 2.45) is 5.73 Å². The molecule has 0 aliphatic rings. The largest absolute Gasteiger partial charge is 0.370 e. The van der Waals surface area contributed by atoms with Gasteiger partial charge >= 0.3 is 0 Å². The van der Waals surface area contributed by atoms with E-state index in [9.17, 15) is 0 Å². The van der Waals surface area contributed by atoms with Crippen molar-refractivity contribution in [1.29, 1.82) is 0 Å². The van der Waals surface area contributed by atoms with Gasteiger partial charge in [0.1, 0.15) is 11.6 Å². The van der Waals surface area contributed by atoms with E-state index in [1.54, 1.807) is 6.20 Å². The van der Waals surface area contributed by atoms with Crippen LogP contribution in [0.3, 0.4) is 0 Å². The van der Waals surface area contributed by atoms with E-state index in [1.807, 2.05) is 6.07 Å². The van der Waals surface area contributed by atoms with Gasteiger partial charge in [-0.1, -0.05) is 13.3 Å². The Morgan fingerprint density at radius 3 is 3.08 bits per heavy atom. The van der Waals surface area contributed by atoms with Gasteiger partial charge in [-0.05, 0) is 12.5 Å². The van der Waals surface area contributed by atoms with Gasteiger partial charge in [0, 0.05) is 12.7 Å². The topological polar surface area (TPSA) is 63.8 Å². The van der Waals surface area contributed by atoms with Crippen molar-refractivity contribution in [3.8, 4) is 0 Å². The number of aromatic nitrogens is 2. The van der Waals surface area contributed by atoms with Crippen LogP contribution in [0.15, 0.2) is 12.3 Å². The van der Waals surface area contributed by atoms with Gasteiger partial charge in [0.25, 0.3) is 0 Å². The maximum atomic E-state index is 5.42. The Hall–Kier alpha value is -1.16. The zero-order chi connectivity index (χ0) is 9.52. The van der Waals surface area contributed by atoms with Crippen LogP contribution in [0.4, 0.5) is 5.82 Å². The average molecular weight is 180 g/mol. The van der Waals surface area contributed by atoms with Crippen molar-refractivity contribution < 1.29 is 0 Å². The number of nitrogens with two attached hydrogens (primary N) is 1. The zero-order valence-electron chi connectivity index (χ0n) is 7.95. The highest BCUT2D eigenvalue weighted by molar-refractivity contribution is 5.32. The monoisotopic (exact) mass is 180 g/mol. The summed E-state index contributed by atoms with van der Waals surface area (Å²) in [6.07, 6.45) is 4.06. The predicted octanol–water partition coefficient (Wildman–Crippen LogP) is 1.15. The van der Waals surface area contributed by atoms with Gasteiger partial charge in [0.2, 0.25) is 0 Å². The van der Waals surface area contributed by atoms with Crippen LogP contribution in [0.25, 0.3) is 0 Å². The fraction of sp³-hybridized carbons (Fsp3) is 0.556. The summed E-state index contributed by atoms with van der Waals surface area (Å²) in [6.45, 7) is 3.51. The van der Waals surface area contributed by atoms with Gasteiger partial charge < -0.3 is 11.1 Å². The Balaban J connectivity index is 2.46. The summed E-state index contributed by atoms with van der Waals surface area (Å²) in [4.78, 5) is 8.23. The minimum absolute atomic E-state index is 0.392. The van der Waals surface area contributed by atoms with Crippen molar-refractivity contribution in [3.05, 3.63) is 18.1 Å². The molecule has 0 fully saturated rings. The van der Waals surface area contributed by atoms with Gasteiger partial charge in [-0.3, -0.25) is 0 Å².